The van der Waals surface area contributed by atoms with Crippen molar-refractivity contribution in [1.29, 1.82) is 0 Å². The molecule has 0 bridgehead atoms. The molecule has 1 unspecified atom stereocenters. The number of nitrogens with zero attached hydrogens (tertiary/aromatic N) is 3. The molecule has 2 heterocycles. The van der Waals surface area contributed by atoms with E-state index >= 15 is 0 Å². The Hall–Kier alpha value is -2.30. The first kappa shape index (κ1) is 12.7. The molecular formula is C15H17N3O2. The Morgan fingerprint density at radius 1 is 1.35 bits per heavy atom. The van der Waals surface area contributed by atoms with E-state index in [1.54, 1.807) is 25.8 Å². The number of hydrogen-bond acceptors (Lipinski definition) is 3. The van der Waals surface area contributed by atoms with Crippen LogP contribution < -0.4 is 4.74 Å². The van der Waals surface area contributed by atoms with Gasteiger partial charge in [0, 0.05) is 18.9 Å². The highest BCUT2D eigenvalue weighted by molar-refractivity contribution is 5.77. The first-order chi connectivity index (χ1) is 9.79. The number of methoxy groups -OCH3 is 1. The Morgan fingerprint density at radius 3 is 2.80 bits per heavy atom. The monoisotopic (exact) mass is 271 g/mol. The second-order valence-corrected chi connectivity index (χ2v) is 4.88. The fraction of sp³-hybridized carbons (Fsp3) is 0.333. The average Bonchev–Trinajstić information content (AvgIpc) is 3.18. The van der Waals surface area contributed by atoms with Crippen molar-refractivity contribution in [3.63, 3.8) is 0 Å². The molecule has 0 saturated carbocycles. The van der Waals surface area contributed by atoms with Gasteiger partial charge in [0.25, 0.3) is 0 Å². The number of likely N-dealkylation sites (tertiary alicyclic amines) is 1. The number of carbonyl (C=O) groups is 1. The first-order valence-corrected chi connectivity index (χ1v) is 6.72. The van der Waals surface area contributed by atoms with Crippen LogP contribution in [-0.2, 0) is 0 Å². The standard InChI is InChI=1S/C15H17N3O2/c1-20-13-6-4-12(5-7-13)14-3-2-9-18(14)15(19)17-10-8-16-11-17/h4-8,10-11,14H,2-3,9H2,1H3. The molecule has 1 amide bonds. The third-order valence-corrected chi connectivity index (χ3v) is 3.72. The molecule has 1 aromatic heterocycles. The van der Waals surface area contributed by atoms with E-state index in [0.29, 0.717) is 0 Å². The van der Waals surface area contributed by atoms with Gasteiger partial charge in [0.1, 0.15) is 12.1 Å². The lowest BCUT2D eigenvalue weighted by molar-refractivity contribution is 0.194. The molecule has 1 fully saturated rings. The van der Waals surface area contributed by atoms with Gasteiger partial charge >= 0.3 is 6.03 Å². The van der Waals surface area contributed by atoms with E-state index in [4.69, 9.17) is 4.74 Å². The van der Waals surface area contributed by atoms with E-state index in [1.165, 1.54) is 4.57 Å². The quantitative estimate of drug-likeness (QED) is 0.843. The van der Waals surface area contributed by atoms with Crippen LogP contribution in [0.25, 0.3) is 0 Å². The van der Waals surface area contributed by atoms with Crippen molar-refractivity contribution < 1.29 is 9.53 Å². The summed E-state index contributed by atoms with van der Waals surface area (Å²) in [6.07, 6.45) is 6.87. The maximum absolute atomic E-state index is 12.4. The molecule has 1 aromatic carbocycles. The molecule has 1 atom stereocenters. The van der Waals surface area contributed by atoms with Gasteiger partial charge in [-0.3, -0.25) is 4.57 Å². The van der Waals surface area contributed by atoms with Crippen LogP contribution >= 0.6 is 0 Å². The second-order valence-electron chi connectivity index (χ2n) is 4.88. The smallest absolute Gasteiger partial charge is 0.329 e. The molecule has 3 rings (SSSR count). The van der Waals surface area contributed by atoms with Crippen molar-refractivity contribution in [2.75, 3.05) is 13.7 Å². The Bertz CT molecular complexity index is 578. The highest BCUT2D eigenvalue weighted by Gasteiger charge is 2.30. The summed E-state index contributed by atoms with van der Waals surface area (Å²) in [5.41, 5.74) is 1.15. The number of aromatic nitrogens is 2. The maximum Gasteiger partial charge on any atom is 0.329 e. The number of hydrogen-bond donors (Lipinski definition) is 0. The van der Waals surface area contributed by atoms with Crippen LogP contribution in [0.1, 0.15) is 24.4 Å². The van der Waals surface area contributed by atoms with Gasteiger partial charge in [0.2, 0.25) is 0 Å². The summed E-state index contributed by atoms with van der Waals surface area (Å²) in [5.74, 6) is 0.833. The maximum atomic E-state index is 12.4. The fourth-order valence-electron chi connectivity index (χ4n) is 2.69. The normalized spacial score (nSPS) is 18.2. The van der Waals surface area contributed by atoms with Crippen LogP contribution in [0.2, 0.25) is 0 Å². The van der Waals surface area contributed by atoms with Crippen molar-refractivity contribution in [2.24, 2.45) is 0 Å². The zero-order valence-electron chi connectivity index (χ0n) is 11.4. The molecule has 1 aliphatic heterocycles. The van der Waals surface area contributed by atoms with Crippen LogP contribution in [0.15, 0.2) is 43.0 Å². The molecule has 5 nitrogen and oxygen atoms in total. The van der Waals surface area contributed by atoms with E-state index in [0.717, 1.165) is 30.7 Å². The summed E-state index contributed by atoms with van der Waals surface area (Å²) in [7, 11) is 1.65. The topological polar surface area (TPSA) is 47.4 Å². The Morgan fingerprint density at radius 2 is 2.15 bits per heavy atom. The fourth-order valence-corrected chi connectivity index (χ4v) is 2.69. The van der Waals surface area contributed by atoms with Crippen LogP contribution in [0.3, 0.4) is 0 Å². The van der Waals surface area contributed by atoms with E-state index in [9.17, 15) is 4.79 Å². The van der Waals surface area contributed by atoms with Gasteiger partial charge in [-0.1, -0.05) is 12.1 Å². The van der Waals surface area contributed by atoms with E-state index in [-0.39, 0.29) is 12.1 Å². The molecule has 0 radical (unpaired) electrons. The minimum absolute atomic E-state index is 0.0131. The largest absolute Gasteiger partial charge is 0.497 e. The number of carbonyl (C=O) groups excluding carboxylic acids is 1. The van der Waals surface area contributed by atoms with Crippen LogP contribution in [0, 0.1) is 0 Å². The van der Waals surface area contributed by atoms with Gasteiger partial charge in [-0.25, -0.2) is 9.78 Å². The second kappa shape index (κ2) is 5.36. The number of ether oxygens (including phenoxy) is 1. The molecule has 104 valence electrons. The third-order valence-electron chi connectivity index (χ3n) is 3.72. The number of rotatable bonds is 2. The molecule has 0 aliphatic carbocycles. The van der Waals surface area contributed by atoms with E-state index in [2.05, 4.69) is 4.98 Å². The van der Waals surface area contributed by atoms with E-state index in [1.807, 2.05) is 29.2 Å². The molecule has 1 saturated heterocycles. The molecular weight excluding hydrogens is 254 g/mol. The average molecular weight is 271 g/mol. The molecule has 20 heavy (non-hydrogen) atoms. The van der Waals surface area contributed by atoms with Gasteiger partial charge in [-0.2, -0.15) is 0 Å². The molecule has 1 aliphatic rings. The Balaban J connectivity index is 1.83. The molecule has 0 N–H and O–H groups in total. The van der Waals surface area contributed by atoms with Crippen molar-refractivity contribution in [3.05, 3.63) is 48.5 Å². The highest BCUT2D eigenvalue weighted by Crippen LogP contribution is 2.33. The van der Waals surface area contributed by atoms with Gasteiger partial charge < -0.3 is 9.64 Å². The van der Waals surface area contributed by atoms with E-state index < -0.39 is 0 Å². The number of imidazole rings is 1. The van der Waals surface area contributed by atoms with Crippen molar-refractivity contribution >= 4 is 6.03 Å². The van der Waals surface area contributed by atoms with Crippen molar-refractivity contribution in [3.8, 4) is 5.75 Å². The molecule has 5 heteroatoms. The minimum Gasteiger partial charge on any atom is -0.497 e. The van der Waals surface area contributed by atoms with Crippen LogP contribution in [0.4, 0.5) is 4.79 Å². The predicted octanol–water partition coefficient (Wildman–Crippen LogP) is 2.70. The zero-order valence-corrected chi connectivity index (χ0v) is 11.4. The SMILES string of the molecule is COc1ccc(C2CCCN2C(=O)n2ccnc2)cc1. The Kier molecular flexibility index (Phi) is 3.41. The first-order valence-electron chi connectivity index (χ1n) is 6.72. The third kappa shape index (κ3) is 2.27. The summed E-state index contributed by atoms with van der Waals surface area (Å²) in [6.45, 7) is 0.785. The van der Waals surface area contributed by atoms with Crippen LogP contribution in [-0.4, -0.2) is 34.1 Å². The summed E-state index contributed by atoms with van der Waals surface area (Å²) in [6, 6.07) is 8.06. The summed E-state index contributed by atoms with van der Waals surface area (Å²) in [4.78, 5) is 18.3. The summed E-state index contributed by atoms with van der Waals surface area (Å²) in [5, 5.41) is 0. The summed E-state index contributed by atoms with van der Waals surface area (Å²) < 4.78 is 6.70. The van der Waals surface area contributed by atoms with Crippen molar-refractivity contribution in [1.82, 2.24) is 14.5 Å². The molecule has 2 aromatic rings. The lowest BCUT2D eigenvalue weighted by atomic mass is 10.0. The lowest BCUT2D eigenvalue weighted by Gasteiger charge is -2.25. The highest BCUT2D eigenvalue weighted by atomic mass is 16.5. The van der Waals surface area contributed by atoms with Gasteiger partial charge in [0.05, 0.1) is 13.2 Å². The van der Waals surface area contributed by atoms with Gasteiger partial charge in [-0.05, 0) is 30.5 Å². The summed E-state index contributed by atoms with van der Waals surface area (Å²) >= 11 is 0. The van der Waals surface area contributed by atoms with Gasteiger partial charge in [0.15, 0.2) is 0 Å². The Labute approximate surface area is 117 Å². The minimum atomic E-state index is -0.0131. The van der Waals surface area contributed by atoms with Crippen LogP contribution in [0.5, 0.6) is 5.75 Å². The van der Waals surface area contributed by atoms with Gasteiger partial charge in [-0.15, -0.1) is 0 Å². The number of amides is 1. The predicted molar refractivity (Wildman–Crippen MR) is 74.7 cm³/mol. The lowest BCUT2D eigenvalue weighted by Crippen LogP contribution is -2.33. The zero-order chi connectivity index (χ0) is 13.9. The number of benzene rings is 1. The molecule has 0 spiro atoms. The van der Waals surface area contributed by atoms with Crippen molar-refractivity contribution in [2.45, 2.75) is 18.9 Å².